The van der Waals surface area contributed by atoms with E-state index in [1.165, 1.54) is 0 Å². The van der Waals surface area contributed by atoms with Gasteiger partial charge < -0.3 is 15.1 Å². The number of benzene rings is 2. The maximum atomic E-state index is 13.1. The summed E-state index contributed by atoms with van der Waals surface area (Å²) in [6.45, 7) is 3.87. The van der Waals surface area contributed by atoms with Crippen LogP contribution in [0, 0.1) is 0 Å². The third kappa shape index (κ3) is 4.25. The number of nitrogens with zero attached hydrogens (tertiary/aromatic N) is 4. The van der Waals surface area contributed by atoms with Crippen molar-refractivity contribution < 1.29 is 4.79 Å². The highest BCUT2D eigenvalue weighted by Gasteiger charge is 2.21. The smallest absolute Gasteiger partial charge is 0.252 e. The maximum Gasteiger partial charge on any atom is 0.252 e. The first-order valence-electron chi connectivity index (χ1n) is 10.9. The fourth-order valence-electron chi connectivity index (χ4n) is 4.09. The summed E-state index contributed by atoms with van der Waals surface area (Å²) >= 11 is 0. The van der Waals surface area contributed by atoms with Gasteiger partial charge in [0.15, 0.2) is 0 Å². The average molecular weight is 424 g/mol. The van der Waals surface area contributed by atoms with Crippen LogP contribution in [-0.4, -0.2) is 42.1 Å². The van der Waals surface area contributed by atoms with E-state index in [4.69, 9.17) is 4.98 Å². The van der Waals surface area contributed by atoms with Gasteiger partial charge in [-0.25, -0.2) is 9.97 Å². The molecule has 2 aromatic heterocycles. The second kappa shape index (κ2) is 9.06. The number of hydrogen-bond donors (Lipinski definition) is 1. The first kappa shape index (κ1) is 20.0. The van der Waals surface area contributed by atoms with E-state index in [-0.39, 0.29) is 5.91 Å². The Morgan fingerprint density at radius 3 is 2.25 bits per heavy atom. The van der Waals surface area contributed by atoms with E-state index in [1.54, 1.807) is 0 Å². The predicted octanol–water partition coefficient (Wildman–Crippen LogP) is 3.89. The number of piperazine rings is 1. The molecule has 0 spiro atoms. The minimum atomic E-state index is -0.0826. The molecule has 1 aliphatic heterocycles. The van der Waals surface area contributed by atoms with Crippen molar-refractivity contribution in [2.24, 2.45) is 0 Å². The lowest BCUT2D eigenvalue weighted by molar-refractivity contribution is 0.0952. The number of amides is 1. The van der Waals surface area contributed by atoms with E-state index in [1.807, 2.05) is 85.1 Å². The van der Waals surface area contributed by atoms with Crippen molar-refractivity contribution in [1.29, 1.82) is 0 Å². The monoisotopic (exact) mass is 423 g/mol. The van der Waals surface area contributed by atoms with Gasteiger partial charge in [-0.2, -0.15) is 0 Å². The zero-order chi connectivity index (χ0) is 21.8. The lowest BCUT2D eigenvalue weighted by Gasteiger charge is -2.36. The molecule has 6 nitrogen and oxygen atoms in total. The summed E-state index contributed by atoms with van der Waals surface area (Å²) in [5.74, 6) is 1.76. The molecule has 1 amide bonds. The van der Waals surface area contributed by atoms with Crippen molar-refractivity contribution in [3.8, 4) is 0 Å². The standard InChI is InChI=1S/C26H25N5O/c32-26(28-19-20-8-2-1-3-9-20)22-18-25(29-23-11-5-4-10-21(22)23)31-16-14-30(15-17-31)24-12-6-7-13-27-24/h1-13,18H,14-17,19H2,(H,28,32). The summed E-state index contributed by atoms with van der Waals surface area (Å²) in [7, 11) is 0. The Hall–Kier alpha value is -3.93. The Bertz CT molecular complexity index is 1200. The number of fused-ring (bicyclic) bond motifs is 1. The van der Waals surface area contributed by atoms with Gasteiger partial charge in [0.1, 0.15) is 11.6 Å². The molecular formula is C26H25N5O. The molecule has 160 valence electrons. The van der Waals surface area contributed by atoms with Crippen LogP contribution in [0.2, 0.25) is 0 Å². The van der Waals surface area contributed by atoms with Crippen LogP contribution in [0.1, 0.15) is 15.9 Å². The molecule has 3 heterocycles. The molecule has 2 aromatic carbocycles. The molecule has 32 heavy (non-hydrogen) atoms. The first-order chi connectivity index (χ1) is 15.8. The van der Waals surface area contributed by atoms with Gasteiger partial charge in [-0.15, -0.1) is 0 Å². The number of pyridine rings is 2. The maximum absolute atomic E-state index is 13.1. The van der Waals surface area contributed by atoms with Crippen LogP contribution >= 0.6 is 0 Å². The summed E-state index contributed by atoms with van der Waals surface area (Å²) < 4.78 is 0. The molecule has 1 fully saturated rings. The molecule has 0 radical (unpaired) electrons. The van der Waals surface area contributed by atoms with E-state index in [2.05, 4.69) is 20.1 Å². The average Bonchev–Trinajstić information content (AvgIpc) is 2.88. The lowest BCUT2D eigenvalue weighted by atomic mass is 10.1. The summed E-state index contributed by atoms with van der Waals surface area (Å²) in [6, 6.07) is 25.7. The molecule has 0 bridgehead atoms. The van der Waals surface area contributed by atoms with Crippen molar-refractivity contribution in [2.75, 3.05) is 36.0 Å². The van der Waals surface area contributed by atoms with Gasteiger partial charge in [-0.1, -0.05) is 54.6 Å². The number of para-hydroxylation sites is 1. The van der Waals surface area contributed by atoms with Crippen LogP contribution in [-0.2, 0) is 6.54 Å². The van der Waals surface area contributed by atoms with Gasteiger partial charge in [0.2, 0.25) is 0 Å². The molecule has 0 aliphatic carbocycles. The molecule has 0 saturated carbocycles. The molecule has 1 aliphatic rings. The van der Waals surface area contributed by atoms with Crippen LogP contribution < -0.4 is 15.1 Å². The molecule has 1 saturated heterocycles. The van der Waals surface area contributed by atoms with Crippen LogP contribution in [0.25, 0.3) is 10.9 Å². The molecule has 0 unspecified atom stereocenters. The highest BCUT2D eigenvalue weighted by molar-refractivity contribution is 6.07. The lowest BCUT2D eigenvalue weighted by Crippen LogP contribution is -2.47. The Morgan fingerprint density at radius 2 is 1.50 bits per heavy atom. The highest BCUT2D eigenvalue weighted by Crippen LogP contribution is 2.25. The molecular weight excluding hydrogens is 398 g/mol. The van der Waals surface area contributed by atoms with Crippen molar-refractivity contribution in [3.63, 3.8) is 0 Å². The second-order valence-electron chi connectivity index (χ2n) is 7.88. The predicted molar refractivity (Wildman–Crippen MR) is 128 cm³/mol. The number of carbonyl (C=O) groups is 1. The van der Waals surface area contributed by atoms with Gasteiger partial charge >= 0.3 is 0 Å². The van der Waals surface area contributed by atoms with Crippen molar-refractivity contribution in [3.05, 3.63) is 96.2 Å². The van der Waals surface area contributed by atoms with E-state index >= 15 is 0 Å². The fraction of sp³-hybridized carbons (Fsp3) is 0.192. The summed E-state index contributed by atoms with van der Waals surface area (Å²) in [5.41, 5.74) is 2.57. The molecule has 5 rings (SSSR count). The SMILES string of the molecule is O=C(NCc1ccccc1)c1cc(N2CCN(c3ccccn3)CC2)nc2ccccc12. The number of anilines is 2. The zero-order valence-corrected chi connectivity index (χ0v) is 17.8. The largest absolute Gasteiger partial charge is 0.353 e. The number of carbonyl (C=O) groups excluding carboxylic acids is 1. The summed E-state index contributed by atoms with van der Waals surface area (Å²) in [6.07, 6.45) is 1.83. The van der Waals surface area contributed by atoms with Crippen molar-refractivity contribution >= 4 is 28.4 Å². The van der Waals surface area contributed by atoms with Crippen LogP contribution in [0.5, 0.6) is 0 Å². The number of aromatic nitrogens is 2. The topological polar surface area (TPSA) is 61.4 Å². The van der Waals surface area contributed by atoms with Crippen LogP contribution in [0.4, 0.5) is 11.6 Å². The van der Waals surface area contributed by atoms with Crippen LogP contribution in [0.15, 0.2) is 85.1 Å². The Morgan fingerprint density at radius 1 is 0.812 bits per heavy atom. The van der Waals surface area contributed by atoms with E-state index < -0.39 is 0 Å². The van der Waals surface area contributed by atoms with Gasteiger partial charge in [-0.05, 0) is 29.8 Å². The normalized spacial score (nSPS) is 13.9. The molecule has 6 heteroatoms. The second-order valence-corrected chi connectivity index (χ2v) is 7.88. The minimum Gasteiger partial charge on any atom is -0.353 e. The summed E-state index contributed by atoms with van der Waals surface area (Å²) in [4.78, 5) is 27.0. The van der Waals surface area contributed by atoms with Crippen LogP contribution in [0.3, 0.4) is 0 Å². The Labute approximate surface area is 187 Å². The third-order valence-corrected chi connectivity index (χ3v) is 5.82. The molecule has 1 N–H and O–H groups in total. The highest BCUT2D eigenvalue weighted by atomic mass is 16.1. The number of hydrogen-bond acceptors (Lipinski definition) is 5. The van der Waals surface area contributed by atoms with Gasteiger partial charge in [-0.3, -0.25) is 4.79 Å². The Kier molecular flexibility index (Phi) is 5.66. The van der Waals surface area contributed by atoms with Gasteiger partial charge in [0.25, 0.3) is 5.91 Å². The first-order valence-corrected chi connectivity index (χ1v) is 10.9. The van der Waals surface area contributed by atoms with E-state index in [0.717, 1.165) is 54.3 Å². The van der Waals surface area contributed by atoms with Crippen molar-refractivity contribution in [2.45, 2.75) is 6.54 Å². The minimum absolute atomic E-state index is 0.0826. The number of rotatable bonds is 5. The Balaban J connectivity index is 1.37. The quantitative estimate of drug-likeness (QED) is 0.528. The molecule has 0 atom stereocenters. The van der Waals surface area contributed by atoms with Gasteiger partial charge in [0.05, 0.1) is 11.1 Å². The zero-order valence-electron chi connectivity index (χ0n) is 17.8. The summed E-state index contributed by atoms with van der Waals surface area (Å²) in [5, 5.41) is 3.93. The third-order valence-electron chi connectivity index (χ3n) is 5.82. The van der Waals surface area contributed by atoms with E-state index in [9.17, 15) is 4.79 Å². The van der Waals surface area contributed by atoms with E-state index in [0.29, 0.717) is 12.1 Å². The van der Waals surface area contributed by atoms with Crippen molar-refractivity contribution in [1.82, 2.24) is 15.3 Å². The number of nitrogens with one attached hydrogen (secondary N) is 1. The fourth-order valence-corrected chi connectivity index (χ4v) is 4.09. The molecule has 4 aromatic rings. The van der Waals surface area contributed by atoms with Gasteiger partial charge in [0, 0.05) is 44.3 Å².